The van der Waals surface area contributed by atoms with Crippen LogP contribution in [0.3, 0.4) is 0 Å². The molecule has 35 heavy (non-hydrogen) atoms. The van der Waals surface area contributed by atoms with Crippen LogP contribution < -0.4 is 9.47 Å². The lowest BCUT2D eigenvalue weighted by Gasteiger charge is -2.36. The average Bonchev–Trinajstić information content (AvgIpc) is 2.88. The third-order valence-corrected chi connectivity index (χ3v) is 6.44. The van der Waals surface area contributed by atoms with Gasteiger partial charge in [-0.2, -0.15) is 0 Å². The number of rotatable bonds is 7. The van der Waals surface area contributed by atoms with E-state index in [1.54, 1.807) is 6.20 Å². The molecule has 184 valence electrons. The number of carbonyl (C=O) groups is 1. The summed E-state index contributed by atoms with van der Waals surface area (Å²) >= 11 is 0. The fourth-order valence-corrected chi connectivity index (χ4v) is 4.87. The smallest absolute Gasteiger partial charge is 0.253 e. The van der Waals surface area contributed by atoms with Crippen LogP contribution in [-0.4, -0.2) is 66.2 Å². The van der Waals surface area contributed by atoms with Gasteiger partial charge in [-0.15, -0.1) is 0 Å². The van der Waals surface area contributed by atoms with Crippen LogP contribution in [0.5, 0.6) is 11.5 Å². The maximum atomic E-state index is 13.7. The lowest BCUT2D eigenvalue weighted by atomic mass is 10.1. The van der Waals surface area contributed by atoms with Gasteiger partial charge >= 0.3 is 0 Å². The summed E-state index contributed by atoms with van der Waals surface area (Å²) in [6, 6.07) is 16.1. The van der Waals surface area contributed by atoms with Crippen molar-refractivity contribution in [3.63, 3.8) is 0 Å². The molecule has 0 radical (unpaired) electrons. The van der Waals surface area contributed by atoms with E-state index in [4.69, 9.17) is 14.2 Å². The molecule has 1 atom stereocenters. The number of pyridine rings is 1. The van der Waals surface area contributed by atoms with E-state index in [9.17, 15) is 4.79 Å². The Balaban J connectivity index is 1.31. The molecule has 0 saturated carbocycles. The van der Waals surface area contributed by atoms with Crippen LogP contribution in [0, 0.1) is 5.92 Å². The average molecular weight is 476 g/mol. The van der Waals surface area contributed by atoms with E-state index < -0.39 is 6.10 Å². The van der Waals surface area contributed by atoms with Gasteiger partial charge in [0.15, 0.2) is 11.5 Å². The van der Waals surface area contributed by atoms with Gasteiger partial charge in [-0.3, -0.25) is 14.7 Å². The molecule has 1 fully saturated rings. The van der Waals surface area contributed by atoms with Crippen molar-refractivity contribution in [2.24, 2.45) is 5.92 Å². The number of aromatic nitrogens is 1. The second kappa shape index (κ2) is 10.6. The molecule has 3 heterocycles. The maximum absolute atomic E-state index is 13.7. The second-order valence-corrected chi connectivity index (χ2v) is 9.64. The Bertz CT molecular complexity index is 1180. The lowest BCUT2D eigenvalue weighted by molar-refractivity contribution is -0.151. The zero-order valence-electron chi connectivity index (χ0n) is 20.5. The zero-order chi connectivity index (χ0) is 24.2. The highest BCUT2D eigenvalue weighted by Gasteiger charge is 2.31. The minimum Gasteiger partial charge on any atom is -0.486 e. The summed E-state index contributed by atoms with van der Waals surface area (Å²) in [4.78, 5) is 22.5. The number of para-hydroxylation sites is 2. The molecule has 0 bridgehead atoms. The number of carbonyl (C=O) groups excluding carboxylic acids is 1. The summed E-state index contributed by atoms with van der Waals surface area (Å²) in [5, 5.41) is 1.08. The van der Waals surface area contributed by atoms with Crippen molar-refractivity contribution in [1.82, 2.24) is 14.8 Å². The SMILES string of the molecule is CC(C)CN(Cc1cccc2cccnc12)C(=O)[C@H]1CN(Cc2cccc3c2OCCO3)CCO1. The zero-order valence-corrected chi connectivity index (χ0v) is 20.5. The first kappa shape index (κ1) is 23.6. The Labute approximate surface area is 206 Å². The summed E-state index contributed by atoms with van der Waals surface area (Å²) in [7, 11) is 0. The third-order valence-electron chi connectivity index (χ3n) is 6.44. The molecular weight excluding hydrogens is 442 g/mol. The predicted octanol–water partition coefficient (Wildman–Crippen LogP) is 3.89. The molecule has 3 aromatic rings. The minimum atomic E-state index is -0.498. The summed E-state index contributed by atoms with van der Waals surface area (Å²) in [6.45, 7) is 9.11. The molecule has 1 aromatic heterocycles. The standard InChI is InChI=1S/C28H33N3O4/c1-20(2)16-31(18-22-7-3-6-21-9-5-11-29-26(21)22)28(32)25-19-30(12-13-33-25)17-23-8-4-10-24-27(23)35-15-14-34-24/h3-11,20,25H,12-19H2,1-2H3/t25-/m1/s1. The molecule has 0 unspecified atom stereocenters. The highest BCUT2D eigenvalue weighted by molar-refractivity contribution is 5.84. The number of fused-ring (bicyclic) bond motifs is 2. The third kappa shape index (κ3) is 5.41. The number of amides is 1. The van der Waals surface area contributed by atoms with Crippen LogP contribution in [0.15, 0.2) is 54.7 Å². The van der Waals surface area contributed by atoms with Gasteiger partial charge in [0, 0.05) is 49.9 Å². The van der Waals surface area contributed by atoms with Crippen LogP contribution in [0.2, 0.25) is 0 Å². The van der Waals surface area contributed by atoms with Crippen molar-refractivity contribution < 1.29 is 19.0 Å². The van der Waals surface area contributed by atoms with E-state index in [2.05, 4.69) is 48.0 Å². The van der Waals surface area contributed by atoms with Gasteiger partial charge in [0.25, 0.3) is 5.91 Å². The molecule has 2 aromatic carbocycles. The van der Waals surface area contributed by atoms with E-state index >= 15 is 0 Å². The normalized spacial score (nSPS) is 18.1. The monoisotopic (exact) mass is 475 g/mol. The van der Waals surface area contributed by atoms with Crippen LogP contribution in [-0.2, 0) is 22.6 Å². The Morgan fingerprint density at radius 2 is 1.86 bits per heavy atom. The Hall–Kier alpha value is -3.16. The second-order valence-electron chi connectivity index (χ2n) is 9.64. The molecule has 0 N–H and O–H groups in total. The molecule has 0 aliphatic carbocycles. The highest BCUT2D eigenvalue weighted by atomic mass is 16.6. The number of ether oxygens (including phenoxy) is 3. The number of morpholine rings is 1. The molecule has 0 spiro atoms. The summed E-state index contributed by atoms with van der Waals surface area (Å²) in [6.07, 6.45) is 1.31. The Morgan fingerprint density at radius 1 is 1.06 bits per heavy atom. The Morgan fingerprint density at radius 3 is 2.74 bits per heavy atom. The van der Waals surface area contributed by atoms with Crippen LogP contribution in [0.4, 0.5) is 0 Å². The van der Waals surface area contributed by atoms with Gasteiger partial charge in [0.05, 0.1) is 12.1 Å². The van der Waals surface area contributed by atoms with Gasteiger partial charge in [0.2, 0.25) is 0 Å². The van der Waals surface area contributed by atoms with Crippen LogP contribution in [0.1, 0.15) is 25.0 Å². The summed E-state index contributed by atoms with van der Waals surface area (Å²) < 4.78 is 17.6. The van der Waals surface area contributed by atoms with Gasteiger partial charge in [-0.1, -0.05) is 50.2 Å². The molecular formula is C28H33N3O4. The van der Waals surface area contributed by atoms with E-state index in [-0.39, 0.29) is 5.91 Å². The first-order valence-corrected chi connectivity index (χ1v) is 12.4. The van der Waals surface area contributed by atoms with Crippen molar-refractivity contribution in [3.8, 4) is 11.5 Å². The Kier molecular flexibility index (Phi) is 7.16. The van der Waals surface area contributed by atoms with Gasteiger partial charge in [-0.25, -0.2) is 0 Å². The summed E-state index contributed by atoms with van der Waals surface area (Å²) in [5.74, 6) is 1.99. The van der Waals surface area contributed by atoms with E-state index in [1.165, 1.54) is 0 Å². The summed E-state index contributed by atoms with van der Waals surface area (Å²) in [5.41, 5.74) is 3.08. The first-order chi connectivity index (χ1) is 17.1. The van der Waals surface area contributed by atoms with Crippen molar-refractivity contribution in [2.45, 2.75) is 33.0 Å². The van der Waals surface area contributed by atoms with E-state index in [0.717, 1.165) is 40.1 Å². The molecule has 1 amide bonds. The number of benzene rings is 2. The van der Waals surface area contributed by atoms with Gasteiger partial charge < -0.3 is 19.1 Å². The van der Waals surface area contributed by atoms with Crippen molar-refractivity contribution in [2.75, 3.05) is 39.5 Å². The van der Waals surface area contributed by atoms with E-state index in [1.807, 2.05) is 29.2 Å². The van der Waals surface area contributed by atoms with Crippen molar-refractivity contribution >= 4 is 16.8 Å². The quantitative estimate of drug-likeness (QED) is 0.517. The molecule has 7 nitrogen and oxygen atoms in total. The predicted molar refractivity (Wildman–Crippen MR) is 134 cm³/mol. The van der Waals surface area contributed by atoms with Crippen LogP contribution in [0.25, 0.3) is 10.9 Å². The molecule has 1 saturated heterocycles. The fourth-order valence-electron chi connectivity index (χ4n) is 4.87. The molecule has 2 aliphatic heterocycles. The topological polar surface area (TPSA) is 64.1 Å². The van der Waals surface area contributed by atoms with E-state index in [0.29, 0.717) is 51.9 Å². The minimum absolute atomic E-state index is 0.0333. The molecule has 5 rings (SSSR count). The van der Waals surface area contributed by atoms with Crippen molar-refractivity contribution in [1.29, 1.82) is 0 Å². The maximum Gasteiger partial charge on any atom is 0.253 e. The largest absolute Gasteiger partial charge is 0.486 e. The molecule has 2 aliphatic rings. The number of hydrogen-bond acceptors (Lipinski definition) is 6. The fraction of sp³-hybridized carbons (Fsp3) is 0.429. The lowest BCUT2D eigenvalue weighted by Crippen LogP contribution is -2.51. The van der Waals surface area contributed by atoms with Crippen LogP contribution >= 0.6 is 0 Å². The van der Waals surface area contributed by atoms with Gasteiger partial charge in [0.1, 0.15) is 19.3 Å². The highest BCUT2D eigenvalue weighted by Crippen LogP contribution is 2.34. The first-order valence-electron chi connectivity index (χ1n) is 12.4. The van der Waals surface area contributed by atoms with Gasteiger partial charge in [-0.05, 0) is 23.6 Å². The number of hydrogen-bond donors (Lipinski definition) is 0. The number of nitrogens with zero attached hydrogens (tertiary/aromatic N) is 3. The molecule has 7 heteroatoms. The van der Waals surface area contributed by atoms with Crippen molar-refractivity contribution in [3.05, 3.63) is 65.9 Å².